The third-order valence-electron chi connectivity index (χ3n) is 8.44. The summed E-state index contributed by atoms with van der Waals surface area (Å²) >= 11 is 0. The molecule has 2 aromatic carbocycles. The first-order valence-electron chi connectivity index (χ1n) is 16.6. The van der Waals surface area contributed by atoms with Crippen LogP contribution in [0.25, 0.3) is 28.0 Å². The maximum atomic E-state index is 15.0. The Hall–Kier alpha value is -4.18. The quantitative estimate of drug-likeness (QED) is 0.169. The topological polar surface area (TPSA) is 92.2 Å². The fraction of sp³-hybridized carbons (Fsp3) is 0.444. The van der Waals surface area contributed by atoms with Crippen molar-refractivity contribution in [3.63, 3.8) is 0 Å². The summed E-state index contributed by atoms with van der Waals surface area (Å²) in [5, 5.41) is 6.85. The number of aromatic nitrogens is 3. The van der Waals surface area contributed by atoms with Gasteiger partial charge in [0, 0.05) is 35.2 Å². The molecule has 0 bridgehead atoms. The molecular weight excluding hydrogens is 586 g/mol. The van der Waals surface area contributed by atoms with Crippen molar-refractivity contribution in [2.24, 2.45) is 0 Å². The summed E-state index contributed by atoms with van der Waals surface area (Å²) in [6, 6.07) is 11.9. The Labute approximate surface area is 270 Å². The van der Waals surface area contributed by atoms with Crippen molar-refractivity contribution in [2.75, 3.05) is 31.5 Å². The van der Waals surface area contributed by atoms with Gasteiger partial charge in [0.1, 0.15) is 17.3 Å². The number of carbonyl (C=O) groups excluding carboxylic acids is 1. The predicted octanol–water partition coefficient (Wildman–Crippen LogP) is 7.27. The van der Waals surface area contributed by atoms with Crippen LogP contribution in [0.2, 0.25) is 0 Å². The van der Waals surface area contributed by atoms with Crippen molar-refractivity contribution in [1.29, 1.82) is 0 Å². The molecule has 10 heteroatoms. The zero-order chi connectivity index (χ0) is 33.2. The van der Waals surface area contributed by atoms with Crippen LogP contribution in [0, 0.1) is 18.6 Å². The average molecular weight is 633 g/mol. The summed E-state index contributed by atoms with van der Waals surface area (Å²) in [4.78, 5) is 38.2. The summed E-state index contributed by atoms with van der Waals surface area (Å²) in [6.45, 7) is 13.5. The monoisotopic (exact) mass is 632 g/mol. The van der Waals surface area contributed by atoms with E-state index in [1.54, 1.807) is 18.2 Å². The number of aryl methyl sites for hydroxylation is 1. The van der Waals surface area contributed by atoms with Gasteiger partial charge in [-0.3, -0.25) is 14.2 Å². The van der Waals surface area contributed by atoms with Gasteiger partial charge in [0.15, 0.2) is 5.65 Å². The van der Waals surface area contributed by atoms with E-state index in [4.69, 9.17) is 4.98 Å². The molecule has 0 saturated heterocycles. The zero-order valence-corrected chi connectivity index (χ0v) is 27.6. The molecule has 0 atom stereocenters. The second-order valence-corrected chi connectivity index (χ2v) is 11.4. The highest BCUT2D eigenvalue weighted by Crippen LogP contribution is 2.32. The number of carbonyl (C=O) groups is 1. The third-order valence-corrected chi connectivity index (χ3v) is 8.44. The molecule has 8 nitrogen and oxygen atoms in total. The van der Waals surface area contributed by atoms with Crippen molar-refractivity contribution >= 4 is 22.9 Å². The van der Waals surface area contributed by atoms with Crippen LogP contribution in [-0.4, -0.2) is 57.6 Å². The molecular formula is C36H46F2N6O2. The first-order chi connectivity index (χ1) is 22.3. The van der Waals surface area contributed by atoms with E-state index in [0.29, 0.717) is 28.8 Å². The number of hydrogen-bond acceptors (Lipinski definition) is 6. The smallest absolute Gasteiger partial charge is 0.256 e. The molecule has 2 heterocycles. The van der Waals surface area contributed by atoms with E-state index in [1.807, 2.05) is 26.8 Å². The number of fused-ring (bicyclic) bond motifs is 1. The molecule has 1 saturated carbocycles. The van der Waals surface area contributed by atoms with Crippen LogP contribution in [0.3, 0.4) is 0 Å². The number of rotatable bonds is 11. The van der Waals surface area contributed by atoms with Gasteiger partial charge < -0.3 is 15.5 Å². The van der Waals surface area contributed by atoms with E-state index in [1.165, 1.54) is 18.6 Å². The first kappa shape index (κ1) is 34.7. The van der Waals surface area contributed by atoms with Crippen molar-refractivity contribution in [1.82, 2.24) is 24.8 Å². The minimum Gasteiger partial charge on any atom is -0.354 e. The number of para-hydroxylation sites is 1. The van der Waals surface area contributed by atoms with Crippen LogP contribution >= 0.6 is 0 Å². The largest absolute Gasteiger partial charge is 0.354 e. The highest BCUT2D eigenvalue weighted by atomic mass is 19.1. The normalized spacial score (nSPS) is 13.4. The van der Waals surface area contributed by atoms with Crippen molar-refractivity contribution in [3.05, 3.63) is 81.6 Å². The van der Waals surface area contributed by atoms with E-state index in [0.717, 1.165) is 74.0 Å². The Kier molecular flexibility index (Phi) is 12.4. The molecule has 246 valence electrons. The molecule has 0 spiro atoms. The zero-order valence-electron chi connectivity index (χ0n) is 27.6. The lowest BCUT2D eigenvalue weighted by molar-refractivity contribution is 0.0927. The number of nitrogens with one attached hydrogen (secondary N) is 2. The second-order valence-electron chi connectivity index (χ2n) is 11.4. The number of hydrogen-bond donors (Lipinski definition) is 2. The van der Waals surface area contributed by atoms with Gasteiger partial charge >= 0.3 is 0 Å². The lowest BCUT2D eigenvalue weighted by Crippen LogP contribution is -2.36. The van der Waals surface area contributed by atoms with Crippen LogP contribution in [0.4, 0.5) is 14.7 Å². The van der Waals surface area contributed by atoms with Gasteiger partial charge in [0.05, 0.1) is 5.69 Å². The summed E-state index contributed by atoms with van der Waals surface area (Å²) in [5.41, 5.74) is 1.39. The van der Waals surface area contributed by atoms with Gasteiger partial charge in [-0.05, 0) is 81.7 Å². The summed E-state index contributed by atoms with van der Waals surface area (Å²) in [7, 11) is 0. The Morgan fingerprint density at radius 1 is 0.978 bits per heavy atom. The summed E-state index contributed by atoms with van der Waals surface area (Å²) in [5.74, 6) is -1.70. The molecule has 2 N–H and O–H groups in total. The summed E-state index contributed by atoms with van der Waals surface area (Å²) < 4.78 is 31.1. The molecule has 2 aromatic heterocycles. The maximum Gasteiger partial charge on any atom is 0.256 e. The van der Waals surface area contributed by atoms with Gasteiger partial charge in [-0.15, -0.1) is 0 Å². The SMILES string of the molecule is CC.CCN(CC)CCCNc1nc(-c2cc(C(=O)NC3CCCCC3)ccc2C)c2ccc(=O)n(-c3c(F)cccc3F)c2n1. The molecule has 1 aliphatic carbocycles. The van der Waals surface area contributed by atoms with Crippen LogP contribution in [0.5, 0.6) is 0 Å². The van der Waals surface area contributed by atoms with Crippen molar-refractivity contribution in [3.8, 4) is 16.9 Å². The standard InChI is InChI=1S/C34H40F2N6O2.C2H6/c1-4-41(5-2)20-10-19-37-34-39-30(26-21-23(16-15-22(26)3)33(44)38-24-11-7-6-8-12-24)25-17-18-29(43)42(32(25)40-34)31-27(35)13-9-14-28(31)36;1-2/h9,13-18,21,24H,4-8,10-12,19-20H2,1-3H3,(H,38,44)(H,37,39,40);1-2H3. The van der Waals surface area contributed by atoms with Crippen molar-refractivity contribution < 1.29 is 13.6 Å². The van der Waals surface area contributed by atoms with Gasteiger partial charge in [-0.1, -0.05) is 59.1 Å². The van der Waals surface area contributed by atoms with Gasteiger partial charge in [0.2, 0.25) is 5.95 Å². The molecule has 1 fully saturated rings. The number of pyridine rings is 1. The molecule has 0 radical (unpaired) electrons. The van der Waals surface area contributed by atoms with Gasteiger partial charge in [-0.25, -0.2) is 13.8 Å². The Morgan fingerprint density at radius 2 is 1.67 bits per heavy atom. The van der Waals surface area contributed by atoms with Crippen LogP contribution in [0.1, 0.15) is 82.1 Å². The Bertz CT molecular complexity index is 1680. The highest BCUT2D eigenvalue weighted by Gasteiger charge is 2.22. The summed E-state index contributed by atoms with van der Waals surface area (Å²) in [6.07, 6.45) is 6.15. The molecule has 1 amide bonds. The number of anilines is 1. The molecule has 5 rings (SSSR count). The van der Waals surface area contributed by atoms with Crippen LogP contribution in [-0.2, 0) is 0 Å². The number of amides is 1. The fourth-order valence-electron chi connectivity index (χ4n) is 5.89. The first-order valence-corrected chi connectivity index (χ1v) is 16.6. The minimum absolute atomic E-state index is 0.0641. The maximum absolute atomic E-state index is 15.0. The van der Waals surface area contributed by atoms with E-state index >= 15 is 8.78 Å². The number of benzene rings is 2. The Balaban J connectivity index is 0.00000235. The molecule has 46 heavy (non-hydrogen) atoms. The fourth-order valence-corrected chi connectivity index (χ4v) is 5.89. The Morgan fingerprint density at radius 3 is 2.35 bits per heavy atom. The van der Waals surface area contributed by atoms with E-state index in [9.17, 15) is 9.59 Å². The lowest BCUT2D eigenvalue weighted by atomic mass is 9.95. The van der Waals surface area contributed by atoms with Crippen molar-refractivity contribution in [2.45, 2.75) is 79.2 Å². The van der Waals surface area contributed by atoms with E-state index in [2.05, 4.69) is 34.4 Å². The van der Waals surface area contributed by atoms with Crippen LogP contribution in [0.15, 0.2) is 53.3 Å². The minimum atomic E-state index is -0.883. The van der Waals surface area contributed by atoms with Crippen LogP contribution < -0.4 is 16.2 Å². The number of nitrogens with zero attached hydrogens (tertiary/aromatic N) is 4. The van der Waals surface area contributed by atoms with Gasteiger partial charge in [0.25, 0.3) is 11.5 Å². The van der Waals surface area contributed by atoms with E-state index in [-0.39, 0.29) is 23.5 Å². The second kappa shape index (κ2) is 16.4. The van der Waals surface area contributed by atoms with E-state index < -0.39 is 22.9 Å². The molecule has 0 unspecified atom stereocenters. The third kappa shape index (κ3) is 7.96. The lowest BCUT2D eigenvalue weighted by Gasteiger charge is -2.23. The van der Waals surface area contributed by atoms with Gasteiger partial charge in [-0.2, -0.15) is 4.98 Å². The molecule has 4 aromatic rings. The molecule has 0 aliphatic heterocycles. The highest BCUT2D eigenvalue weighted by molar-refractivity contribution is 5.98. The number of halogens is 2. The predicted molar refractivity (Wildman–Crippen MR) is 182 cm³/mol. The average Bonchev–Trinajstić information content (AvgIpc) is 3.07. The molecule has 1 aliphatic rings.